The van der Waals surface area contributed by atoms with Crippen molar-refractivity contribution in [1.29, 1.82) is 0 Å². The summed E-state index contributed by atoms with van der Waals surface area (Å²) in [4.78, 5) is 22.3. The molecule has 4 nitrogen and oxygen atoms in total. The lowest BCUT2D eigenvalue weighted by Gasteiger charge is -2.08. The van der Waals surface area contributed by atoms with E-state index in [1.54, 1.807) is 37.3 Å². The molecule has 1 amide bonds. The van der Waals surface area contributed by atoms with Crippen molar-refractivity contribution < 1.29 is 18.7 Å². The number of anilines is 1. The number of ether oxygens (including phenoxy) is 1. The first kappa shape index (κ1) is 14.7. The minimum absolute atomic E-state index is 0.224. The molecule has 1 N–H and O–H groups in total. The monoisotopic (exact) mass is 287 g/mol. The Morgan fingerprint density at radius 2 is 2.10 bits per heavy atom. The molecule has 0 aliphatic carbocycles. The lowest BCUT2D eigenvalue weighted by molar-refractivity contribution is -0.118. The molecule has 0 saturated heterocycles. The highest BCUT2D eigenvalue weighted by Gasteiger charge is 2.06. The van der Waals surface area contributed by atoms with Crippen molar-refractivity contribution in [3.05, 3.63) is 59.4 Å². The van der Waals surface area contributed by atoms with E-state index < -0.39 is 5.91 Å². The first-order valence-electron chi connectivity index (χ1n) is 6.32. The molecule has 2 aromatic carbocycles. The van der Waals surface area contributed by atoms with Crippen LogP contribution in [-0.2, 0) is 4.79 Å². The van der Waals surface area contributed by atoms with Gasteiger partial charge in [0.1, 0.15) is 17.9 Å². The van der Waals surface area contributed by atoms with Gasteiger partial charge in [-0.1, -0.05) is 18.2 Å². The molecule has 0 saturated carbocycles. The van der Waals surface area contributed by atoms with E-state index >= 15 is 0 Å². The van der Waals surface area contributed by atoms with Gasteiger partial charge in [0.2, 0.25) is 0 Å². The largest absolute Gasteiger partial charge is 0.484 e. The van der Waals surface area contributed by atoms with Crippen molar-refractivity contribution in [2.45, 2.75) is 6.92 Å². The molecule has 0 bridgehead atoms. The highest BCUT2D eigenvalue weighted by atomic mass is 19.1. The van der Waals surface area contributed by atoms with Crippen molar-refractivity contribution in [3.63, 3.8) is 0 Å². The van der Waals surface area contributed by atoms with Crippen molar-refractivity contribution in [2.24, 2.45) is 0 Å². The fourth-order valence-corrected chi connectivity index (χ4v) is 1.69. The zero-order chi connectivity index (χ0) is 15.2. The molecule has 2 rings (SSSR count). The van der Waals surface area contributed by atoms with Crippen LogP contribution in [0.1, 0.15) is 15.9 Å². The predicted molar refractivity (Wildman–Crippen MR) is 77.1 cm³/mol. The Morgan fingerprint density at radius 1 is 1.29 bits per heavy atom. The summed E-state index contributed by atoms with van der Waals surface area (Å²) in [6.07, 6.45) is 0.696. The molecule has 2 aromatic rings. The number of benzene rings is 2. The summed E-state index contributed by atoms with van der Waals surface area (Å²) < 4.78 is 18.6. The Labute approximate surface area is 121 Å². The Balaban J connectivity index is 1.92. The lowest BCUT2D eigenvalue weighted by atomic mass is 10.2. The number of halogens is 1. The molecule has 5 heteroatoms. The SMILES string of the molecule is Cc1ccc(NC(=O)COc2cccc(C=O)c2)cc1F. The highest BCUT2D eigenvalue weighted by Crippen LogP contribution is 2.14. The van der Waals surface area contributed by atoms with E-state index in [1.165, 1.54) is 12.1 Å². The molecule has 108 valence electrons. The smallest absolute Gasteiger partial charge is 0.262 e. The minimum Gasteiger partial charge on any atom is -0.484 e. The molecule has 0 heterocycles. The Hall–Kier alpha value is -2.69. The summed E-state index contributed by atoms with van der Waals surface area (Å²) in [6.45, 7) is 1.42. The lowest BCUT2D eigenvalue weighted by Crippen LogP contribution is -2.20. The topological polar surface area (TPSA) is 55.4 Å². The number of aldehydes is 1. The molecular formula is C16H14FNO3. The summed E-state index contributed by atoms with van der Waals surface area (Å²) in [5.41, 5.74) is 1.34. The molecule has 0 atom stereocenters. The first-order valence-corrected chi connectivity index (χ1v) is 6.32. The van der Waals surface area contributed by atoms with Crippen molar-refractivity contribution in [1.82, 2.24) is 0 Å². The van der Waals surface area contributed by atoms with Crippen molar-refractivity contribution in [3.8, 4) is 5.75 Å². The summed E-state index contributed by atoms with van der Waals surface area (Å²) in [7, 11) is 0. The van der Waals surface area contributed by atoms with Crippen LogP contribution in [0.4, 0.5) is 10.1 Å². The number of amides is 1. The van der Waals surface area contributed by atoms with Gasteiger partial charge in [-0.25, -0.2) is 4.39 Å². The van der Waals surface area contributed by atoms with Crippen LogP contribution in [0.15, 0.2) is 42.5 Å². The van der Waals surface area contributed by atoms with Gasteiger partial charge in [0.05, 0.1) is 0 Å². The summed E-state index contributed by atoms with van der Waals surface area (Å²) in [5.74, 6) is -0.369. The van der Waals surface area contributed by atoms with Gasteiger partial charge >= 0.3 is 0 Å². The van der Waals surface area contributed by atoms with E-state index in [4.69, 9.17) is 4.74 Å². The molecule has 0 aromatic heterocycles. The van der Waals surface area contributed by atoms with E-state index in [-0.39, 0.29) is 12.4 Å². The van der Waals surface area contributed by atoms with E-state index in [1.807, 2.05) is 0 Å². The van der Waals surface area contributed by atoms with Crippen molar-refractivity contribution in [2.75, 3.05) is 11.9 Å². The van der Waals surface area contributed by atoms with E-state index in [9.17, 15) is 14.0 Å². The van der Waals surface area contributed by atoms with Crippen LogP contribution in [0.25, 0.3) is 0 Å². The molecule has 0 fully saturated rings. The normalized spacial score (nSPS) is 10.0. The minimum atomic E-state index is -0.408. The summed E-state index contributed by atoms with van der Waals surface area (Å²) >= 11 is 0. The number of hydrogen-bond acceptors (Lipinski definition) is 3. The highest BCUT2D eigenvalue weighted by molar-refractivity contribution is 5.91. The number of hydrogen-bond donors (Lipinski definition) is 1. The molecule has 0 spiro atoms. The standard InChI is InChI=1S/C16H14FNO3/c1-11-5-6-13(8-15(11)17)18-16(20)10-21-14-4-2-3-12(7-14)9-19/h2-9H,10H2,1H3,(H,18,20). The van der Waals surface area contributed by atoms with Gasteiger partial charge in [-0.15, -0.1) is 0 Å². The molecule has 0 unspecified atom stereocenters. The maximum atomic E-state index is 13.3. The third-order valence-electron chi connectivity index (χ3n) is 2.82. The summed E-state index contributed by atoms with van der Waals surface area (Å²) in [6, 6.07) is 10.9. The average molecular weight is 287 g/mol. The van der Waals surface area contributed by atoms with Gasteiger partial charge in [-0.3, -0.25) is 9.59 Å². The van der Waals surface area contributed by atoms with Gasteiger partial charge in [-0.2, -0.15) is 0 Å². The van der Waals surface area contributed by atoms with Crippen molar-refractivity contribution >= 4 is 17.9 Å². The maximum Gasteiger partial charge on any atom is 0.262 e. The van der Waals surface area contributed by atoms with Crippen LogP contribution in [-0.4, -0.2) is 18.8 Å². The second kappa shape index (κ2) is 6.65. The molecule has 0 radical (unpaired) electrons. The fourth-order valence-electron chi connectivity index (χ4n) is 1.69. The van der Waals surface area contributed by atoms with Crippen LogP contribution < -0.4 is 10.1 Å². The average Bonchev–Trinajstić information content (AvgIpc) is 2.49. The Morgan fingerprint density at radius 3 is 2.81 bits per heavy atom. The van der Waals surface area contributed by atoms with Gasteiger partial charge in [0.15, 0.2) is 6.61 Å². The number of carbonyl (C=O) groups excluding carboxylic acids is 2. The molecule has 0 aliphatic rings. The number of aryl methyl sites for hydroxylation is 1. The number of nitrogens with one attached hydrogen (secondary N) is 1. The van der Waals surface area contributed by atoms with Gasteiger partial charge in [0.25, 0.3) is 5.91 Å². The Bertz CT molecular complexity index is 670. The zero-order valence-corrected chi connectivity index (χ0v) is 11.4. The predicted octanol–water partition coefficient (Wildman–Crippen LogP) is 2.96. The summed E-state index contributed by atoms with van der Waals surface area (Å²) in [5, 5.41) is 2.54. The van der Waals surface area contributed by atoms with E-state index in [2.05, 4.69) is 5.32 Å². The fraction of sp³-hybridized carbons (Fsp3) is 0.125. The molecular weight excluding hydrogens is 273 g/mol. The zero-order valence-electron chi connectivity index (χ0n) is 11.4. The van der Waals surface area contributed by atoms with Crippen LogP contribution in [0, 0.1) is 12.7 Å². The number of carbonyl (C=O) groups is 2. The molecule has 21 heavy (non-hydrogen) atoms. The first-order chi connectivity index (χ1) is 10.1. The van der Waals surface area contributed by atoms with Gasteiger partial charge in [0, 0.05) is 11.3 Å². The van der Waals surface area contributed by atoms with Gasteiger partial charge < -0.3 is 10.1 Å². The second-order valence-electron chi connectivity index (χ2n) is 4.49. The second-order valence-corrected chi connectivity index (χ2v) is 4.49. The molecule has 0 aliphatic heterocycles. The van der Waals surface area contributed by atoms with Crippen LogP contribution in [0.3, 0.4) is 0 Å². The maximum absolute atomic E-state index is 13.3. The quantitative estimate of drug-likeness (QED) is 0.860. The number of rotatable bonds is 5. The van der Waals surface area contributed by atoms with Crippen LogP contribution >= 0.6 is 0 Å². The van der Waals surface area contributed by atoms with E-state index in [0.717, 1.165) is 0 Å². The Kier molecular flexibility index (Phi) is 4.66. The van der Waals surface area contributed by atoms with Crippen LogP contribution in [0.5, 0.6) is 5.75 Å². The van der Waals surface area contributed by atoms with Gasteiger partial charge in [-0.05, 0) is 36.8 Å². The van der Waals surface area contributed by atoms with Crippen LogP contribution in [0.2, 0.25) is 0 Å². The third kappa shape index (κ3) is 4.14. The third-order valence-corrected chi connectivity index (χ3v) is 2.82. The van der Waals surface area contributed by atoms with E-state index in [0.29, 0.717) is 28.8 Å².